The van der Waals surface area contributed by atoms with E-state index in [1.807, 2.05) is 45.8 Å². The molecule has 1 aromatic carbocycles. The van der Waals surface area contributed by atoms with Crippen LogP contribution in [0.5, 0.6) is 0 Å². The van der Waals surface area contributed by atoms with Crippen LogP contribution in [0.2, 0.25) is 0 Å². The van der Waals surface area contributed by atoms with E-state index in [0.29, 0.717) is 6.04 Å². The molecular formula is C23H26N4OS. The second-order valence-electron chi connectivity index (χ2n) is 7.95. The van der Waals surface area contributed by atoms with Gasteiger partial charge in [0.05, 0.1) is 5.69 Å². The number of likely N-dealkylation sites (tertiary alicyclic amines) is 2. The van der Waals surface area contributed by atoms with Crippen LogP contribution in [0, 0.1) is 0 Å². The average Bonchev–Trinajstić information content (AvgIpc) is 3.52. The highest BCUT2D eigenvalue weighted by molar-refractivity contribution is 7.98. The molecule has 2 fully saturated rings. The van der Waals surface area contributed by atoms with Crippen LogP contribution in [0.25, 0.3) is 5.65 Å². The van der Waals surface area contributed by atoms with Gasteiger partial charge in [0.1, 0.15) is 5.65 Å². The summed E-state index contributed by atoms with van der Waals surface area (Å²) in [6.45, 7) is 4.16. The number of amides is 1. The summed E-state index contributed by atoms with van der Waals surface area (Å²) in [5, 5.41) is 0. The van der Waals surface area contributed by atoms with E-state index in [1.54, 1.807) is 11.8 Å². The zero-order valence-electron chi connectivity index (χ0n) is 16.5. The third-order valence-corrected chi connectivity index (χ3v) is 7.06. The molecule has 0 spiro atoms. The van der Waals surface area contributed by atoms with Crippen molar-refractivity contribution in [1.82, 2.24) is 19.2 Å². The molecule has 4 heterocycles. The van der Waals surface area contributed by atoms with E-state index < -0.39 is 0 Å². The number of pyridine rings is 1. The van der Waals surface area contributed by atoms with Crippen LogP contribution in [0.1, 0.15) is 35.3 Å². The SMILES string of the molecule is O=C(c1ccc(SCc2cn3ccccc3n2)cc1)N1CCC(N2CCCC2)C1. The Labute approximate surface area is 175 Å². The van der Waals surface area contributed by atoms with Crippen molar-refractivity contribution in [1.29, 1.82) is 0 Å². The van der Waals surface area contributed by atoms with E-state index in [1.165, 1.54) is 25.9 Å². The molecule has 0 aliphatic carbocycles. The zero-order valence-corrected chi connectivity index (χ0v) is 17.4. The van der Waals surface area contributed by atoms with E-state index in [4.69, 9.17) is 0 Å². The number of hydrogen-bond acceptors (Lipinski definition) is 4. The number of aromatic nitrogens is 2. The van der Waals surface area contributed by atoms with E-state index in [0.717, 1.165) is 47.1 Å². The van der Waals surface area contributed by atoms with E-state index in [-0.39, 0.29) is 5.91 Å². The topological polar surface area (TPSA) is 40.9 Å². The van der Waals surface area contributed by atoms with Gasteiger partial charge >= 0.3 is 0 Å². The van der Waals surface area contributed by atoms with Crippen molar-refractivity contribution in [2.75, 3.05) is 26.2 Å². The summed E-state index contributed by atoms with van der Waals surface area (Å²) in [5.41, 5.74) is 2.83. The summed E-state index contributed by atoms with van der Waals surface area (Å²) < 4.78 is 2.04. The molecule has 2 aliphatic heterocycles. The van der Waals surface area contributed by atoms with Crippen molar-refractivity contribution in [3.8, 4) is 0 Å². The van der Waals surface area contributed by atoms with Crippen molar-refractivity contribution in [2.45, 2.75) is 36.0 Å². The molecule has 5 rings (SSSR count). The summed E-state index contributed by atoms with van der Waals surface area (Å²) in [6, 6.07) is 14.6. The molecule has 0 N–H and O–H groups in total. The molecule has 29 heavy (non-hydrogen) atoms. The quantitative estimate of drug-likeness (QED) is 0.602. The largest absolute Gasteiger partial charge is 0.337 e. The van der Waals surface area contributed by atoms with Crippen molar-refractivity contribution in [3.63, 3.8) is 0 Å². The van der Waals surface area contributed by atoms with E-state index >= 15 is 0 Å². The Morgan fingerprint density at radius 1 is 1.07 bits per heavy atom. The van der Waals surface area contributed by atoms with Crippen LogP contribution in [0.4, 0.5) is 0 Å². The van der Waals surface area contributed by atoms with Gasteiger partial charge in [0.15, 0.2) is 0 Å². The smallest absolute Gasteiger partial charge is 0.253 e. The summed E-state index contributed by atoms with van der Waals surface area (Å²) >= 11 is 1.75. The molecule has 2 aromatic heterocycles. The van der Waals surface area contributed by atoms with Crippen molar-refractivity contribution in [3.05, 3.63) is 66.1 Å². The third kappa shape index (κ3) is 4.05. The molecule has 1 unspecified atom stereocenters. The molecule has 2 aliphatic rings. The molecule has 6 heteroatoms. The fourth-order valence-corrected chi connectivity index (χ4v) is 5.20. The number of fused-ring (bicyclic) bond motifs is 1. The van der Waals surface area contributed by atoms with Crippen molar-refractivity contribution in [2.24, 2.45) is 0 Å². The van der Waals surface area contributed by atoms with Gasteiger partial charge in [-0.15, -0.1) is 11.8 Å². The van der Waals surface area contributed by atoms with Crippen LogP contribution in [-0.4, -0.2) is 57.3 Å². The number of benzene rings is 1. The van der Waals surface area contributed by atoms with E-state index in [2.05, 4.69) is 28.2 Å². The highest BCUT2D eigenvalue weighted by atomic mass is 32.2. The maximum atomic E-state index is 12.9. The Balaban J connectivity index is 1.18. The van der Waals surface area contributed by atoms with Crippen LogP contribution in [0.3, 0.4) is 0 Å². The van der Waals surface area contributed by atoms with Gasteiger partial charge in [-0.3, -0.25) is 9.69 Å². The lowest BCUT2D eigenvalue weighted by Crippen LogP contribution is -2.37. The van der Waals surface area contributed by atoms with Crippen LogP contribution in [0.15, 0.2) is 59.8 Å². The molecule has 1 atom stereocenters. The van der Waals surface area contributed by atoms with Crippen LogP contribution < -0.4 is 0 Å². The predicted molar refractivity (Wildman–Crippen MR) is 116 cm³/mol. The Bertz CT molecular complexity index is 961. The lowest BCUT2D eigenvalue weighted by molar-refractivity contribution is 0.0780. The van der Waals surface area contributed by atoms with Crippen LogP contribution >= 0.6 is 11.8 Å². The highest BCUT2D eigenvalue weighted by Crippen LogP contribution is 2.25. The summed E-state index contributed by atoms with van der Waals surface area (Å²) in [4.78, 5) is 23.3. The Morgan fingerprint density at radius 2 is 1.90 bits per heavy atom. The van der Waals surface area contributed by atoms with Crippen molar-refractivity contribution >= 4 is 23.3 Å². The molecule has 0 saturated carbocycles. The zero-order chi connectivity index (χ0) is 19.6. The number of imidazole rings is 1. The second-order valence-corrected chi connectivity index (χ2v) is 9.00. The second kappa shape index (κ2) is 8.20. The predicted octanol–water partition coefficient (Wildman–Crippen LogP) is 3.94. The highest BCUT2D eigenvalue weighted by Gasteiger charge is 2.31. The first kappa shape index (κ1) is 18.7. The number of carbonyl (C=O) groups excluding carboxylic acids is 1. The molecule has 1 amide bonds. The molecule has 2 saturated heterocycles. The van der Waals surface area contributed by atoms with Gasteiger partial charge in [-0.05, 0) is 68.8 Å². The Hall–Kier alpha value is -2.31. The van der Waals surface area contributed by atoms with Gasteiger partial charge in [0.25, 0.3) is 5.91 Å². The molecule has 0 radical (unpaired) electrons. The fourth-order valence-electron chi connectivity index (χ4n) is 4.42. The first-order chi connectivity index (χ1) is 14.3. The number of carbonyl (C=O) groups is 1. The van der Waals surface area contributed by atoms with Gasteiger partial charge < -0.3 is 9.30 Å². The van der Waals surface area contributed by atoms with Gasteiger partial charge in [-0.2, -0.15) is 0 Å². The maximum Gasteiger partial charge on any atom is 0.253 e. The van der Waals surface area contributed by atoms with Gasteiger partial charge in [-0.25, -0.2) is 4.98 Å². The fraction of sp³-hybridized carbons (Fsp3) is 0.391. The van der Waals surface area contributed by atoms with Gasteiger partial charge in [0, 0.05) is 47.7 Å². The van der Waals surface area contributed by atoms with E-state index in [9.17, 15) is 4.79 Å². The monoisotopic (exact) mass is 406 g/mol. The lowest BCUT2D eigenvalue weighted by Gasteiger charge is -2.23. The molecule has 3 aromatic rings. The number of nitrogens with zero attached hydrogens (tertiary/aromatic N) is 4. The minimum atomic E-state index is 0.170. The lowest BCUT2D eigenvalue weighted by atomic mass is 10.2. The molecule has 150 valence electrons. The minimum absolute atomic E-state index is 0.170. The average molecular weight is 407 g/mol. The Morgan fingerprint density at radius 3 is 2.69 bits per heavy atom. The standard InChI is InChI=1S/C23H26N4OS/c28-23(27-14-10-20(16-27)25-11-3-4-12-25)18-6-8-21(9-7-18)29-17-19-15-26-13-2-1-5-22(26)24-19/h1-2,5-9,13,15,20H,3-4,10-12,14,16-17H2. The van der Waals surface area contributed by atoms with Crippen LogP contribution in [-0.2, 0) is 5.75 Å². The van der Waals surface area contributed by atoms with Gasteiger partial charge in [0.2, 0.25) is 0 Å². The first-order valence-electron chi connectivity index (χ1n) is 10.4. The summed E-state index contributed by atoms with van der Waals surface area (Å²) in [6.07, 6.45) is 7.81. The van der Waals surface area contributed by atoms with Gasteiger partial charge in [-0.1, -0.05) is 6.07 Å². The number of hydrogen-bond donors (Lipinski definition) is 0. The number of rotatable bonds is 5. The molecule has 0 bridgehead atoms. The summed E-state index contributed by atoms with van der Waals surface area (Å²) in [5.74, 6) is 0.988. The third-order valence-electron chi connectivity index (χ3n) is 6.01. The Kier molecular flexibility index (Phi) is 5.29. The normalized spacial score (nSPS) is 20.0. The maximum absolute atomic E-state index is 12.9. The molecule has 5 nitrogen and oxygen atoms in total. The molecular weight excluding hydrogens is 380 g/mol. The first-order valence-corrected chi connectivity index (χ1v) is 11.4. The summed E-state index contributed by atoms with van der Waals surface area (Å²) in [7, 11) is 0. The minimum Gasteiger partial charge on any atom is -0.337 e. The number of thioether (sulfide) groups is 1. The van der Waals surface area contributed by atoms with Crippen molar-refractivity contribution < 1.29 is 4.79 Å².